The second-order valence-electron chi connectivity index (χ2n) is 5.64. The van der Waals surface area contributed by atoms with E-state index in [1.807, 2.05) is 6.92 Å². The van der Waals surface area contributed by atoms with Gasteiger partial charge in [0.15, 0.2) is 0 Å². The number of hydrogen-bond donors (Lipinski definition) is 1. The number of fused-ring (bicyclic) bond motifs is 1. The Labute approximate surface area is 119 Å². The molecule has 1 aromatic carbocycles. The molecule has 110 valence electrons. The molecule has 0 saturated heterocycles. The number of furan rings is 1. The number of likely N-dealkylation sites (N-methyl/N-ethyl adjacent to an activating group) is 1. The number of hydrogen-bond acceptors (Lipinski definition) is 3. The number of aryl methyl sites for hydroxylation is 1. The molecule has 0 aliphatic heterocycles. The minimum absolute atomic E-state index is 0.220. The van der Waals surface area contributed by atoms with Crippen molar-refractivity contribution >= 4 is 11.0 Å². The second-order valence-corrected chi connectivity index (χ2v) is 5.64. The fraction of sp³-hybridized carbons (Fsp3) is 0.500. The zero-order chi connectivity index (χ0) is 14.7. The van der Waals surface area contributed by atoms with E-state index in [9.17, 15) is 4.39 Å². The van der Waals surface area contributed by atoms with E-state index in [-0.39, 0.29) is 5.82 Å². The lowest BCUT2D eigenvalue weighted by molar-refractivity contribution is 0.294. The predicted octanol–water partition coefficient (Wildman–Crippen LogP) is 3.31. The van der Waals surface area contributed by atoms with Gasteiger partial charge in [-0.2, -0.15) is 0 Å². The maximum Gasteiger partial charge on any atom is 0.134 e. The average molecular weight is 278 g/mol. The predicted molar refractivity (Wildman–Crippen MR) is 80.4 cm³/mol. The molecule has 0 bridgehead atoms. The van der Waals surface area contributed by atoms with Gasteiger partial charge in [-0.25, -0.2) is 4.39 Å². The fourth-order valence-electron chi connectivity index (χ4n) is 2.26. The van der Waals surface area contributed by atoms with Gasteiger partial charge in [0.2, 0.25) is 0 Å². The summed E-state index contributed by atoms with van der Waals surface area (Å²) in [6, 6.07) is 5.17. The summed E-state index contributed by atoms with van der Waals surface area (Å²) in [7, 11) is 2.06. The molecule has 0 fully saturated rings. The number of nitrogens with zero attached hydrogens (tertiary/aromatic N) is 1. The summed E-state index contributed by atoms with van der Waals surface area (Å²) in [6.07, 6.45) is 0. The maximum absolute atomic E-state index is 13.3. The Hall–Kier alpha value is -1.39. The van der Waals surface area contributed by atoms with E-state index in [1.54, 1.807) is 6.07 Å². The number of nitrogens with one attached hydrogen (secondary N) is 1. The SMILES string of the molecule is Cc1c(CN(C)CCNC(C)C)oc2ccc(F)cc12. The monoisotopic (exact) mass is 278 g/mol. The standard InChI is InChI=1S/C16H23FN2O/c1-11(2)18-7-8-19(4)10-16-12(3)14-9-13(17)5-6-15(14)20-16/h5-6,9,11,18H,7-8,10H2,1-4H3. The molecule has 0 saturated carbocycles. The third-order valence-electron chi connectivity index (χ3n) is 3.46. The zero-order valence-electron chi connectivity index (χ0n) is 12.7. The van der Waals surface area contributed by atoms with Crippen LogP contribution < -0.4 is 5.32 Å². The van der Waals surface area contributed by atoms with Crippen molar-refractivity contribution in [3.05, 3.63) is 35.3 Å². The second kappa shape index (κ2) is 6.37. The summed E-state index contributed by atoms with van der Waals surface area (Å²) in [5.41, 5.74) is 1.79. The minimum atomic E-state index is -0.220. The largest absolute Gasteiger partial charge is 0.459 e. The summed E-state index contributed by atoms with van der Waals surface area (Å²) in [6.45, 7) is 8.89. The van der Waals surface area contributed by atoms with Gasteiger partial charge in [0.1, 0.15) is 17.2 Å². The molecule has 1 aromatic heterocycles. The van der Waals surface area contributed by atoms with Gasteiger partial charge in [0, 0.05) is 24.5 Å². The van der Waals surface area contributed by atoms with Crippen molar-refractivity contribution in [1.29, 1.82) is 0 Å². The third-order valence-corrected chi connectivity index (χ3v) is 3.46. The van der Waals surface area contributed by atoms with E-state index < -0.39 is 0 Å². The highest BCUT2D eigenvalue weighted by Crippen LogP contribution is 2.26. The molecule has 4 heteroatoms. The van der Waals surface area contributed by atoms with Crippen LogP contribution in [0.4, 0.5) is 4.39 Å². The Morgan fingerprint density at radius 2 is 2.10 bits per heavy atom. The summed E-state index contributed by atoms with van der Waals surface area (Å²) < 4.78 is 19.1. The van der Waals surface area contributed by atoms with Gasteiger partial charge in [-0.15, -0.1) is 0 Å². The number of benzene rings is 1. The van der Waals surface area contributed by atoms with Crippen LogP contribution >= 0.6 is 0 Å². The minimum Gasteiger partial charge on any atom is -0.459 e. The first-order valence-corrected chi connectivity index (χ1v) is 7.07. The van der Waals surface area contributed by atoms with Crippen molar-refractivity contribution < 1.29 is 8.81 Å². The van der Waals surface area contributed by atoms with Crippen molar-refractivity contribution in [2.24, 2.45) is 0 Å². The molecule has 1 heterocycles. The smallest absolute Gasteiger partial charge is 0.134 e. The Kier molecular flexibility index (Phi) is 4.78. The Morgan fingerprint density at radius 3 is 2.80 bits per heavy atom. The molecular weight excluding hydrogens is 255 g/mol. The van der Waals surface area contributed by atoms with E-state index in [2.05, 4.69) is 31.1 Å². The molecule has 0 aliphatic rings. The van der Waals surface area contributed by atoms with Crippen molar-refractivity contribution in [3.8, 4) is 0 Å². The molecule has 20 heavy (non-hydrogen) atoms. The van der Waals surface area contributed by atoms with Crippen LogP contribution in [0.25, 0.3) is 11.0 Å². The van der Waals surface area contributed by atoms with Crippen LogP contribution in [0.5, 0.6) is 0 Å². The van der Waals surface area contributed by atoms with Gasteiger partial charge in [0.25, 0.3) is 0 Å². The molecular formula is C16H23FN2O. The first kappa shape index (κ1) is 15.0. The van der Waals surface area contributed by atoms with Gasteiger partial charge < -0.3 is 9.73 Å². The topological polar surface area (TPSA) is 28.4 Å². The van der Waals surface area contributed by atoms with Gasteiger partial charge in [0.05, 0.1) is 6.54 Å². The lowest BCUT2D eigenvalue weighted by Gasteiger charge is -2.17. The van der Waals surface area contributed by atoms with E-state index in [0.717, 1.165) is 41.9 Å². The molecule has 2 aromatic rings. The molecule has 0 unspecified atom stereocenters. The quantitative estimate of drug-likeness (QED) is 0.878. The van der Waals surface area contributed by atoms with Crippen LogP contribution in [0.1, 0.15) is 25.2 Å². The molecule has 2 rings (SSSR count). The summed E-state index contributed by atoms with van der Waals surface area (Å²) >= 11 is 0. The summed E-state index contributed by atoms with van der Waals surface area (Å²) in [5.74, 6) is 0.695. The lowest BCUT2D eigenvalue weighted by Crippen LogP contribution is -2.32. The average Bonchev–Trinajstić information content (AvgIpc) is 2.66. The fourth-order valence-corrected chi connectivity index (χ4v) is 2.26. The van der Waals surface area contributed by atoms with Crippen molar-refractivity contribution in [1.82, 2.24) is 10.2 Å². The van der Waals surface area contributed by atoms with Crippen LogP contribution in [0.15, 0.2) is 22.6 Å². The van der Waals surface area contributed by atoms with Crippen LogP contribution in [0.3, 0.4) is 0 Å². The molecule has 0 radical (unpaired) electrons. The molecule has 0 spiro atoms. The van der Waals surface area contributed by atoms with Crippen molar-refractivity contribution in [3.63, 3.8) is 0 Å². The Morgan fingerprint density at radius 1 is 1.35 bits per heavy atom. The highest BCUT2D eigenvalue weighted by atomic mass is 19.1. The number of halogens is 1. The normalized spacial score (nSPS) is 11.9. The third kappa shape index (κ3) is 3.58. The number of rotatable bonds is 6. The van der Waals surface area contributed by atoms with E-state index in [1.165, 1.54) is 12.1 Å². The lowest BCUT2D eigenvalue weighted by atomic mass is 10.1. The maximum atomic E-state index is 13.3. The Bertz CT molecular complexity index is 577. The summed E-state index contributed by atoms with van der Waals surface area (Å²) in [4.78, 5) is 2.20. The first-order valence-electron chi connectivity index (χ1n) is 7.07. The highest BCUT2D eigenvalue weighted by molar-refractivity contribution is 5.82. The van der Waals surface area contributed by atoms with Gasteiger partial charge >= 0.3 is 0 Å². The van der Waals surface area contributed by atoms with E-state index in [4.69, 9.17) is 4.42 Å². The van der Waals surface area contributed by atoms with E-state index >= 15 is 0 Å². The van der Waals surface area contributed by atoms with Crippen molar-refractivity contribution in [2.45, 2.75) is 33.4 Å². The van der Waals surface area contributed by atoms with Crippen LogP contribution in [-0.2, 0) is 6.54 Å². The summed E-state index contributed by atoms with van der Waals surface area (Å²) in [5, 5.41) is 4.26. The molecule has 0 atom stereocenters. The van der Waals surface area contributed by atoms with Crippen LogP contribution in [0, 0.1) is 12.7 Å². The molecule has 3 nitrogen and oxygen atoms in total. The highest BCUT2D eigenvalue weighted by Gasteiger charge is 2.12. The van der Waals surface area contributed by atoms with Gasteiger partial charge in [-0.1, -0.05) is 13.8 Å². The van der Waals surface area contributed by atoms with E-state index in [0.29, 0.717) is 6.04 Å². The molecule has 1 N–H and O–H groups in total. The van der Waals surface area contributed by atoms with Gasteiger partial charge in [-0.3, -0.25) is 4.90 Å². The molecule has 0 aliphatic carbocycles. The molecule has 0 amide bonds. The first-order chi connectivity index (χ1) is 9.47. The van der Waals surface area contributed by atoms with Crippen LogP contribution in [0.2, 0.25) is 0 Å². The Balaban J connectivity index is 2.04. The van der Waals surface area contributed by atoms with Crippen molar-refractivity contribution in [2.75, 3.05) is 20.1 Å². The van der Waals surface area contributed by atoms with Crippen LogP contribution in [-0.4, -0.2) is 31.1 Å². The van der Waals surface area contributed by atoms with Gasteiger partial charge in [-0.05, 0) is 37.7 Å². The zero-order valence-corrected chi connectivity index (χ0v) is 12.7.